The largest absolute Gasteiger partial charge is 0.338 e. The number of amides is 1. The molecule has 0 spiro atoms. The number of piperazine rings is 1. The van der Waals surface area contributed by atoms with Crippen molar-refractivity contribution in [2.45, 2.75) is 25.4 Å². The van der Waals surface area contributed by atoms with E-state index in [-0.39, 0.29) is 18.0 Å². The Morgan fingerprint density at radius 1 is 1.32 bits per heavy atom. The van der Waals surface area contributed by atoms with Gasteiger partial charge in [-0.15, -0.1) is 11.3 Å². The summed E-state index contributed by atoms with van der Waals surface area (Å²) in [6.07, 6.45) is 4.02. The molecule has 0 radical (unpaired) electrons. The van der Waals surface area contributed by atoms with Crippen LogP contribution >= 0.6 is 11.3 Å². The molecule has 8 heteroatoms. The van der Waals surface area contributed by atoms with Crippen molar-refractivity contribution in [1.29, 1.82) is 0 Å². The van der Waals surface area contributed by atoms with E-state index in [1.807, 2.05) is 22.4 Å². The highest BCUT2D eigenvalue weighted by Gasteiger charge is 2.32. The molecule has 2 aliphatic heterocycles. The molecule has 2 fully saturated rings. The Hall–Kier alpha value is -2.19. The first kappa shape index (κ1) is 15.1. The highest BCUT2D eigenvalue weighted by atomic mass is 32.1. The lowest BCUT2D eigenvalue weighted by atomic mass is 10.1. The normalized spacial score (nSPS) is 21.3. The minimum atomic E-state index is -0.209. The van der Waals surface area contributed by atoms with Crippen molar-refractivity contribution in [3.8, 4) is 0 Å². The van der Waals surface area contributed by atoms with Crippen LogP contribution in [-0.2, 0) is 11.3 Å². The number of hydrogen-bond donors (Lipinski definition) is 0. The van der Waals surface area contributed by atoms with Gasteiger partial charge in [-0.05, 0) is 36.9 Å². The van der Waals surface area contributed by atoms with Crippen LogP contribution in [0.1, 0.15) is 12.8 Å². The Morgan fingerprint density at radius 3 is 3.16 bits per heavy atom. The molecule has 7 nitrogen and oxygen atoms in total. The Kier molecular flexibility index (Phi) is 3.42. The summed E-state index contributed by atoms with van der Waals surface area (Å²) in [6, 6.07) is 4.35. The highest BCUT2D eigenvalue weighted by molar-refractivity contribution is 7.16. The highest BCUT2D eigenvalue weighted by Crippen LogP contribution is 2.23. The molecular weight excluding hydrogens is 338 g/mol. The van der Waals surface area contributed by atoms with Gasteiger partial charge in [0.05, 0.1) is 0 Å². The van der Waals surface area contributed by atoms with E-state index < -0.39 is 0 Å². The van der Waals surface area contributed by atoms with Crippen LogP contribution in [0, 0.1) is 0 Å². The maximum absolute atomic E-state index is 12.7. The summed E-state index contributed by atoms with van der Waals surface area (Å²) in [7, 11) is 0. The van der Waals surface area contributed by atoms with Crippen LogP contribution < -0.4 is 5.56 Å². The number of rotatable bonds is 2. The minimum Gasteiger partial charge on any atom is -0.338 e. The molecule has 0 N–H and O–H groups in total. The summed E-state index contributed by atoms with van der Waals surface area (Å²) in [4.78, 5) is 30.7. The van der Waals surface area contributed by atoms with Crippen LogP contribution in [-0.4, -0.2) is 62.1 Å². The van der Waals surface area contributed by atoms with Crippen molar-refractivity contribution in [2.24, 2.45) is 0 Å². The third-order valence-electron chi connectivity index (χ3n) is 5.43. The number of thiophene rings is 1. The Balaban J connectivity index is 1.40. The van der Waals surface area contributed by atoms with Gasteiger partial charge in [0.1, 0.15) is 23.2 Å². The summed E-state index contributed by atoms with van der Waals surface area (Å²) in [5.74, 6) is -0.0149. The first-order valence-electron chi connectivity index (χ1n) is 8.67. The topological polar surface area (TPSA) is 62.9 Å². The molecule has 1 amide bonds. The van der Waals surface area contributed by atoms with Crippen molar-refractivity contribution in [3.63, 3.8) is 0 Å². The molecule has 5 heterocycles. The lowest BCUT2D eigenvalue weighted by Crippen LogP contribution is -2.53. The Morgan fingerprint density at radius 2 is 2.24 bits per heavy atom. The van der Waals surface area contributed by atoms with Crippen molar-refractivity contribution < 1.29 is 4.79 Å². The Bertz CT molecular complexity index is 1020. The van der Waals surface area contributed by atoms with Gasteiger partial charge < -0.3 is 4.90 Å². The zero-order valence-electron chi connectivity index (χ0n) is 13.8. The van der Waals surface area contributed by atoms with Gasteiger partial charge in [-0.25, -0.2) is 4.68 Å². The minimum absolute atomic E-state index is 0.0148. The standard InChI is InChI=1S/C17H19N5O2S/c23-15(20-6-5-19-4-1-2-13(19)9-20)10-22-16(24)14-8-12-3-7-25-17(12)21(14)11-18-22/h3,7-8,11,13H,1-2,4-6,9-10H2. The van der Waals surface area contributed by atoms with Crippen molar-refractivity contribution >= 4 is 33.0 Å². The third-order valence-corrected chi connectivity index (χ3v) is 6.36. The van der Waals surface area contributed by atoms with Crippen LogP contribution in [0.4, 0.5) is 0 Å². The first-order chi connectivity index (χ1) is 12.2. The van der Waals surface area contributed by atoms with E-state index >= 15 is 0 Å². The number of aromatic nitrogens is 3. The number of carbonyl (C=O) groups is 1. The predicted molar refractivity (Wildman–Crippen MR) is 96.0 cm³/mol. The SMILES string of the molecule is O=C(Cn1ncn2c(cc3ccsc32)c1=O)N1CCN2CCCC2C1. The fourth-order valence-electron chi connectivity index (χ4n) is 4.08. The predicted octanol–water partition coefficient (Wildman–Crippen LogP) is 1.02. The summed E-state index contributed by atoms with van der Waals surface area (Å²) in [6.45, 7) is 3.62. The van der Waals surface area contributed by atoms with E-state index in [0.717, 1.165) is 42.8 Å². The van der Waals surface area contributed by atoms with E-state index in [9.17, 15) is 9.59 Å². The number of fused-ring (bicyclic) bond motifs is 4. The van der Waals surface area contributed by atoms with Crippen molar-refractivity contribution in [2.75, 3.05) is 26.2 Å². The summed E-state index contributed by atoms with van der Waals surface area (Å²) in [5, 5.41) is 7.25. The fraction of sp³-hybridized carbons (Fsp3) is 0.471. The van der Waals surface area contributed by atoms with Crippen LogP contribution in [0.15, 0.2) is 28.6 Å². The summed E-state index contributed by atoms with van der Waals surface area (Å²) in [5.41, 5.74) is 0.365. The molecule has 1 atom stereocenters. The fourth-order valence-corrected chi connectivity index (χ4v) is 4.95. The lowest BCUT2D eigenvalue weighted by molar-refractivity contribution is -0.134. The van der Waals surface area contributed by atoms with E-state index in [2.05, 4.69) is 10.00 Å². The molecule has 3 aromatic heterocycles. The average Bonchev–Trinajstić information content (AvgIpc) is 3.31. The van der Waals surface area contributed by atoms with E-state index in [0.29, 0.717) is 11.6 Å². The smallest absolute Gasteiger partial charge is 0.291 e. The van der Waals surface area contributed by atoms with Crippen molar-refractivity contribution in [3.05, 3.63) is 34.2 Å². The molecule has 0 aromatic carbocycles. The molecule has 1 unspecified atom stereocenters. The summed E-state index contributed by atoms with van der Waals surface area (Å²) >= 11 is 1.58. The molecule has 0 aliphatic carbocycles. The van der Waals surface area contributed by atoms with E-state index in [1.165, 1.54) is 11.1 Å². The van der Waals surface area contributed by atoms with E-state index in [4.69, 9.17) is 0 Å². The van der Waals surface area contributed by atoms with Crippen LogP contribution in [0.3, 0.4) is 0 Å². The molecule has 2 saturated heterocycles. The molecule has 3 aromatic rings. The zero-order valence-corrected chi connectivity index (χ0v) is 14.6. The number of hydrogen-bond acceptors (Lipinski definition) is 5. The maximum Gasteiger partial charge on any atom is 0.291 e. The molecule has 25 heavy (non-hydrogen) atoms. The van der Waals surface area contributed by atoms with Gasteiger partial charge in [0.2, 0.25) is 5.91 Å². The van der Waals surface area contributed by atoms with Gasteiger partial charge in [-0.3, -0.25) is 18.9 Å². The van der Waals surface area contributed by atoms with Crippen LogP contribution in [0.25, 0.3) is 15.7 Å². The summed E-state index contributed by atoms with van der Waals surface area (Å²) < 4.78 is 3.10. The molecule has 2 aliphatic rings. The van der Waals surface area contributed by atoms with Gasteiger partial charge in [0.15, 0.2) is 0 Å². The molecular formula is C17H19N5O2S. The van der Waals surface area contributed by atoms with Crippen molar-refractivity contribution in [1.82, 2.24) is 24.0 Å². The zero-order chi connectivity index (χ0) is 17.0. The maximum atomic E-state index is 12.7. The van der Waals surface area contributed by atoms with Gasteiger partial charge in [-0.2, -0.15) is 5.10 Å². The quantitative estimate of drug-likeness (QED) is 0.687. The third kappa shape index (κ3) is 2.39. The molecule has 5 rings (SSSR count). The van der Waals surface area contributed by atoms with Crippen LogP contribution in [0.5, 0.6) is 0 Å². The molecule has 0 bridgehead atoms. The van der Waals surface area contributed by atoms with Gasteiger partial charge in [-0.1, -0.05) is 0 Å². The van der Waals surface area contributed by atoms with Crippen LogP contribution in [0.2, 0.25) is 0 Å². The van der Waals surface area contributed by atoms with Gasteiger partial charge >= 0.3 is 0 Å². The second-order valence-electron chi connectivity index (χ2n) is 6.85. The number of nitrogens with zero attached hydrogens (tertiary/aromatic N) is 5. The second kappa shape index (κ2) is 5.67. The molecule has 0 saturated carbocycles. The average molecular weight is 357 g/mol. The van der Waals surface area contributed by atoms with Gasteiger partial charge in [0, 0.05) is 31.1 Å². The van der Waals surface area contributed by atoms with Gasteiger partial charge in [0.25, 0.3) is 5.56 Å². The first-order valence-corrected chi connectivity index (χ1v) is 9.55. The van der Waals surface area contributed by atoms with E-state index in [1.54, 1.807) is 22.1 Å². The second-order valence-corrected chi connectivity index (χ2v) is 7.74. The monoisotopic (exact) mass is 357 g/mol. The molecule has 130 valence electrons. The Labute approximate surface area is 148 Å². The lowest BCUT2D eigenvalue weighted by Gasteiger charge is -2.37. The number of carbonyl (C=O) groups excluding carboxylic acids is 1.